The fraction of sp³-hybridized carbons (Fsp3) is 0.900. The van der Waals surface area contributed by atoms with Gasteiger partial charge in [-0.15, -0.1) is 0 Å². The molecule has 0 fully saturated rings. The molecule has 0 amide bonds. The van der Waals surface area contributed by atoms with E-state index in [0.29, 0.717) is 11.5 Å². The van der Waals surface area contributed by atoms with Gasteiger partial charge in [-0.05, 0) is 27.2 Å². The maximum atomic E-state index is 11.2. The third-order valence-corrected chi connectivity index (χ3v) is 2.91. The van der Waals surface area contributed by atoms with E-state index in [2.05, 4.69) is 0 Å². The molecular formula is C10H20O3S. The molecule has 0 aromatic carbocycles. The van der Waals surface area contributed by atoms with E-state index in [4.69, 9.17) is 4.74 Å². The first-order valence-corrected chi connectivity index (χ1v) is 6.41. The van der Waals surface area contributed by atoms with Gasteiger partial charge in [0.15, 0.2) is 0 Å². The van der Waals surface area contributed by atoms with Crippen LogP contribution in [0.25, 0.3) is 0 Å². The minimum absolute atomic E-state index is 0.254. The first kappa shape index (κ1) is 13.6. The van der Waals surface area contributed by atoms with Crippen molar-refractivity contribution in [1.29, 1.82) is 0 Å². The topological polar surface area (TPSA) is 43.4 Å². The number of esters is 1. The summed E-state index contributed by atoms with van der Waals surface area (Å²) >= 11 is 0. The van der Waals surface area contributed by atoms with Gasteiger partial charge in [-0.2, -0.15) is 0 Å². The van der Waals surface area contributed by atoms with E-state index in [-0.39, 0.29) is 12.4 Å². The summed E-state index contributed by atoms with van der Waals surface area (Å²) in [5.74, 6) is 0.827. The van der Waals surface area contributed by atoms with Crippen LogP contribution in [0.5, 0.6) is 0 Å². The second-order valence-electron chi connectivity index (χ2n) is 4.18. The number of carbonyl (C=O) groups excluding carboxylic acids is 1. The summed E-state index contributed by atoms with van der Waals surface area (Å²) in [6.07, 6.45) is 1.14. The Morgan fingerprint density at radius 3 is 2.29 bits per heavy atom. The summed E-state index contributed by atoms with van der Waals surface area (Å²) in [7, 11) is -0.870. The van der Waals surface area contributed by atoms with Crippen molar-refractivity contribution < 1.29 is 13.7 Å². The van der Waals surface area contributed by atoms with Gasteiger partial charge in [0.05, 0.1) is 6.42 Å². The lowest BCUT2D eigenvalue weighted by molar-refractivity contribution is -0.154. The number of ether oxygens (including phenoxy) is 1. The van der Waals surface area contributed by atoms with E-state index in [1.807, 2.05) is 27.7 Å². The highest BCUT2D eigenvalue weighted by atomic mass is 32.2. The molecule has 0 aromatic rings. The molecular weight excluding hydrogens is 200 g/mol. The Hall–Kier alpha value is -0.380. The molecule has 0 spiro atoms. The third kappa shape index (κ3) is 8.23. The molecule has 0 saturated carbocycles. The molecule has 0 N–H and O–H groups in total. The van der Waals surface area contributed by atoms with Crippen molar-refractivity contribution in [3.63, 3.8) is 0 Å². The van der Waals surface area contributed by atoms with Crippen molar-refractivity contribution in [2.75, 3.05) is 11.5 Å². The van der Waals surface area contributed by atoms with Crippen LogP contribution in [-0.4, -0.2) is 27.3 Å². The zero-order valence-corrected chi connectivity index (χ0v) is 10.3. The lowest BCUT2D eigenvalue weighted by Crippen LogP contribution is -2.24. The van der Waals surface area contributed by atoms with Crippen molar-refractivity contribution in [3.8, 4) is 0 Å². The van der Waals surface area contributed by atoms with E-state index in [9.17, 15) is 9.00 Å². The zero-order valence-electron chi connectivity index (χ0n) is 9.46. The Kier molecular flexibility index (Phi) is 6.00. The van der Waals surface area contributed by atoms with Crippen LogP contribution in [0.4, 0.5) is 0 Å². The third-order valence-electron chi connectivity index (χ3n) is 1.39. The molecule has 0 heterocycles. The summed E-state index contributed by atoms with van der Waals surface area (Å²) in [6.45, 7) is 7.46. The molecule has 0 aliphatic heterocycles. The molecule has 3 nitrogen and oxygen atoms in total. The van der Waals surface area contributed by atoms with Crippen molar-refractivity contribution in [2.45, 2.75) is 46.1 Å². The summed E-state index contributed by atoms with van der Waals surface area (Å²) in [6, 6.07) is 0. The Labute approximate surface area is 88.7 Å². The molecule has 0 saturated heterocycles. The standard InChI is InChI=1S/C10H20O3S/c1-5-7-14(12)8-6-9(11)13-10(2,3)4/h5-8H2,1-4H3. The monoisotopic (exact) mass is 220 g/mol. The molecule has 0 aliphatic rings. The second-order valence-corrected chi connectivity index (χ2v) is 5.88. The molecule has 4 heteroatoms. The van der Waals surface area contributed by atoms with Crippen LogP contribution in [-0.2, 0) is 20.3 Å². The SMILES string of the molecule is CCCS(=O)CCC(=O)OC(C)(C)C. The maximum Gasteiger partial charge on any atom is 0.307 e. The molecule has 0 aromatic heterocycles. The maximum absolute atomic E-state index is 11.2. The van der Waals surface area contributed by atoms with Crippen LogP contribution in [0.2, 0.25) is 0 Å². The van der Waals surface area contributed by atoms with Crippen molar-refractivity contribution in [1.82, 2.24) is 0 Å². The van der Waals surface area contributed by atoms with Gasteiger partial charge in [0.2, 0.25) is 0 Å². The lowest BCUT2D eigenvalue weighted by atomic mass is 10.2. The van der Waals surface area contributed by atoms with Crippen LogP contribution < -0.4 is 0 Å². The van der Waals surface area contributed by atoms with Crippen LogP contribution in [0.1, 0.15) is 40.5 Å². The van der Waals surface area contributed by atoms with Crippen molar-refractivity contribution in [3.05, 3.63) is 0 Å². The van der Waals surface area contributed by atoms with Crippen LogP contribution in [0.3, 0.4) is 0 Å². The van der Waals surface area contributed by atoms with Gasteiger partial charge in [0.1, 0.15) is 5.60 Å². The van der Waals surface area contributed by atoms with Gasteiger partial charge in [-0.3, -0.25) is 9.00 Å². The molecule has 0 radical (unpaired) electrons. The predicted octanol–water partition coefficient (Wildman–Crippen LogP) is 1.88. The molecule has 0 aliphatic carbocycles. The molecule has 1 atom stereocenters. The smallest absolute Gasteiger partial charge is 0.307 e. The minimum atomic E-state index is -0.870. The highest BCUT2D eigenvalue weighted by molar-refractivity contribution is 7.84. The fourth-order valence-corrected chi connectivity index (χ4v) is 1.97. The Morgan fingerprint density at radius 2 is 1.86 bits per heavy atom. The molecule has 1 unspecified atom stereocenters. The van der Waals surface area contributed by atoms with Gasteiger partial charge in [0.25, 0.3) is 0 Å². The van der Waals surface area contributed by atoms with Crippen LogP contribution in [0.15, 0.2) is 0 Å². The molecule has 14 heavy (non-hydrogen) atoms. The van der Waals surface area contributed by atoms with Gasteiger partial charge < -0.3 is 4.74 Å². The average molecular weight is 220 g/mol. The van der Waals surface area contributed by atoms with Crippen LogP contribution >= 0.6 is 0 Å². The van der Waals surface area contributed by atoms with E-state index in [1.54, 1.807) is 0 Å². The van der Waals surface area contributed by atoms with E-state index < -0.39 is 16.4 Å². The minimum Gasteiger partial charge on any atom is -0.460 e. The average Bonchev–Trinajstić information content (AvgIpc) is 1.98. The van der Waals surface area contributed by atoms with Gasteiger partial charge in [-0.25, -0.2) is 0 Å². The summed E-state index contributed by atoms with van der Waals surface area (Å²) in [4.78, 5) is 11.2. The van der Waals surface area contributed by atoms with Crippen molar-refractivity contribution >= 4 is 16.8 Å². The Bertz CT molecular complexity index is 206. The number of hydrogen-bond acceptors (Lipinski definition) is 3. The molecule has 84 valence electrons. The highest BCUT2D eigenvalue weighted by Crippen LogP contribution is 2.08. The van der Waals surface area contributed by atoms with E-state index in [1.165, 1.54) is 0 Å². The lowest BCUT2D eigenvalue weighted by Gasteiger charge is -2.19. The number of rotatable bonds is 5. The quantitative estimate of drug-likeness (QED) is 0.664. The van der Waals surface area contributed by atoms with Crippen molar-refractivity contribution in [2.24, 2.45) is 0 Å². The first-order valence-electron chi connectivity index (χ1n) is 4.92. The van der Waals surface area contributed by atoms with Gasteiger partial charge in [0, 0.05) is 22.3 Å². The summed E-state index contributed by atoms with van der Waals surface area (Å²) < 4.78 is 16.3. The van der Waals surface area contributed by atoms with E-state index in [0.717, 1.165) is 6.42 Å². The Morgan fingerprint density at radius 1 is 1.29 bits per heavy atom. The van der Waals surface area contributed by atoms with Crippen LogP contribution in [0, 0.1) is 0 Å². The summed E-state index contributed by atoms with van der Waals surface area (Å²) in [5, 5.41) is 0. The zero-order chi connectivity index (χ0) is 11.2. The summed E-state index contributed by atoms with van der Waals surface area (Å²) in [5.41, 5.74) is -0.441. The predicted molar refractivity (Wildman–Crippen MR) is 58.6 cm³/mol. The van der Waals surface area contributed by atoms with E-state index >= 15 is 0 Å². The Balaban J connectivity index is 3.70. The van der Waals surface area contributed by atoms with Gasteiger partial charge in [-0.1, -0.05) is 6.92 Å². The number of hydrogen-bond donors (Lipinski definition) is 0. The first-order chi connectivity index (χ1) is 6.35. The second kappa shape index (κ2) is 6.17. The highest BCUT2D eigenvalue weighted by Gasteiger charge is 2.16. The molecule has 0 bridgehead atoms. The van der Waals surface area contributed by atoms with Gasteiger partial charge >= 0.3 is 5.97 Å². The fourth-order valence-electron chi connectivity index (χ4n) is 0.919. The molecule has 0 rings (SSSR count). The normalized spacial score (nSPS) is 13.7. The number of carbonyl (C=O) groups is 1. The largest absolute Gasteiger partial charge is 0.460 e.